The van der Waals surface area contributed by atoms with Crippen LogP contribution in [0.3, 0.4) is 0 Å². The Balaban J connectivity index is 1.89. The van der Waals surface area contributed by atoms with Gasteiger partial charge in [0.05, 0.1) is 6.54 Å². The van der Waals surface area contributed by atoms with Gasteiger partial charge in [-0.3, -0.25) is 4.79 Å². The maximum absolute atomic E-state index is 11.8. The van der Waals surface area contributed by atoms with Crippen LogP contribution >= 0.6 is 11.3 Å². The van der Waals surface area contributed by atoms with Crippen LogP contribution in [0.25, 0.3) is 0 Å². The van der Waals surface area contributed by atoms with E-state index in [1.807, 2.05) is 6.92 Å². The van der Waals surface area contributed by atoms with Gasteiger partial charge >= 0.3 is 5.97 Å². The van der Waals surface area contributed by atoms with Crippen molar-refractivity contribution in [1.82, 2.24) is 10.3 Å². The first-order valence-electron chi connectivity index (χ1n) is 5.53. The third kappa shape index (κ3) is 2.46. The van der Waals surface area contributed by atoms with E-state index in [4.69, 9.17) is 5.11 Å². The molecule has 1 aromatic heterocycles. The van der Waals surface area contributed by atoms with E-state index in [0.717, 1.165) is 19.3 Å². The van der Waals surface area contributed by atoms with Gasteiger partial charge in [-0.15, -0.1) is 11.3 Å². The second kappa shape index (κ2) is 4.44. The number of hydrogen-bond acceptors (Lipinski definition) is 4. The first kappa shape index (κ1) is 12.0. The number of carbonyl (C=O) groups is 2. The number of amides is 1. The molecule has 1 aliphatic rings. The van der Waals surface area contributed by atoms with E-state index in [9.17, 15) is 9.59 Å². The SMILES string of the molecule is CCC1(C(=O)NCc2nc(C(=O)O)cs2)CC1. The van der Waals surface area contributed by atoms with Crippen LogP contribution in [0.4, 0.5) is 0 Å². The van der Waals surface area contributed by atoms with E-state index >= 15 is 0 Å². The molecule has 0 atom stereocenters. The molecule has 0 aromatic carbocycles. The smallest absolute Gasteiger partial charge is 0.355 e. The second-order valence-corrected chi connectivity index (χ2v) is 5.19. The quantitative estimate of drug-likeness (QED) is 0.837. The minimum absolute atomic E-state index is 0.0378. The molecule has 0 spiro atoms. The Morgan fingerprint density at radius 1 is 1.59 bits per heavy atom. The summed E-state index contributed by atoms with van der Waals surface area (Å²) in [6.07, 6.45) is 2.76. The predicted octanol–water partition coefficient (Wildman–Crippen LogP) is 1.65. The van der Waals surface area contributed by atoms with Crippen molar-refractivity contribution in [2.24, 2.45) is 5.41 Å². The fraction of sp³-hybridized carbons (Fsp3) is 0.545. The summed E-state index contributed by atoms with van der Waals surface area (Å²) in [6.45, 7) is 2.33. The Morgan fingerprint density at radius 2 is 2.29 bits per heavy atom. The van der Waals surface area contributed by atoms with Gasteiger partial charge in [-0.1, -0.05) is 6.92 Å². The summed E-state index contributed by atoms with van der Waals surface area (Å²) in [4.78, 5) is 26.4. The summed E-state index contributed by atoms with van der Waals surface area (Å²) in [5, 5.41) is 13.6. The Kier molecular flexibility index (Phi) is 3.15. The number of hydrogen-bond donors (Lipinski definition) is 2. The zero-order valence-corrected chi connectivity index (χ0v) is 10.3. The van der Waals surface area contributed by atoms with E-state index < -0.39 is 5.97 Å². The summed E-state index contributed by atoms with van der Waals surface area (Å²) in [5.41, 5.74) is -0.122. The highest BCUT2D eigenvalue weighted by molar-refractivity contribution is 7.09. The van der Waals surface area contributed by atoms with Crippen LogP contribution in [0, 0.1) is 5.41 Å². The third-order valence-corrected chi connectivity index (χ3v) is 4.03. The highest BCUT2D eigenvalue weighted by Crippen LogP contribution is 2.48. The molecular weight excluding hydrogens is 240 g/mol. The van der Waals surface area contributed by atoms with Gasteiger partial charge in [-0.25, -0.2) is 9.78 Å². The van der Waals surface area contributed by atoms with Crippen molar-refractivity contribution in [3.63, 3.8) is 0 Å². The predicted molar refractivity (Wildman–Crippen MR) is 62.9 cm³/mol. The molecule has 2 N–H and O–H groups in total. The van der Waals surface area contributed by atoms with Crippen molar-refractivity contribution in [3.8, 4) is 0 Å². The number of aromatic nitrogens is 1. The maximum Gasteiger partial charge on any atom is 0.355 e. The normalized spacial score (nSPS) is 16.5. The average molecular weight is 254 g/mol. The lowest BCUT2D eigenvalue weighted by Gasteiger charge is -2.11. The molecule has 2 rings (SSSR count). The Morgan fingerprint density at radius 3 is 2.76 bits per heavy atom. The monoisotopic (exact) mass is 254 g/mol. The Labute approximate surface area is 103 Å². The second-order valence-electron chi connectivity index (χ2n) is 4.25. The van der Waals surface area contributed by atoms with Crippen LogP contribution in [0.2, 0.25) is 0 Å². The molecule has 1 aliphatic carbocycles. The topological polar surface area (TPSA) is 79.3 Å². The summed E-state index contributed by atoms with van der Waals surface area (Å²) < 4.78 is 0. The van der Waals surface area contributed by atoms with Gasteiger partial charge in [0.2, 0.25) is 5.91 Å². The van der Waals surface area contributed by atoms with Crippen molar-refractivity contribution in [2.75, 3.05) is 0 Å². The number of aromatic carboxylic acids is 1. The number of nitrogens with zero attached hydrogens (tertiary/aromatic N) is 1. The lowest BCUT2D eigenvalue weighted by Crippen LogP contribution is -2.31. The first-order chi connectivity index (χ1) is 8.07. The molecule has 1 fully saturated rings. The molecule has 1 amide bonds. The Hall–Kier alpha value is -1.43. The largest absolute Gasteiger partial charge is 0.476 e. The lowest BCUT2D eigenvalue weighted by molar-refractivity contribution is -0.126. The zero-order valence-electron chi connectivity index (χ0n) is 9.52. The minimum atomic E-state index is -1.04. The molecule has 1 heterocycles. The van der Waals surface area contributed by atoms with Gasteiger partial charge in [0.1, 0.15) is 5.01 Å². The average Bonchev–Trinajstić information content (AvgIpc) is 2.97. The molecule has 5 nitrogen and oxygen atoms in total. The molecular formula is C11H14N2O3S. The zero-order chi connectivity index (χ0) is 12.5. The number of rotatable bonds is 5. The highest BCUT2D eigenvalue weighted by atomic mass is 32.1. The van der Waals surface area contributed by atoms with Gasteiger partial charge in [-0.05, 0) is 19.3 Å². The van der Waals surface area contributed by atoms with Crippen molar-refractivity contribution >= 4 is 23.2 Å². The van der Waals surface area contributed by atoms with Crippen LogP contribution in [0.15, 0.2) is 5.38 Å². The number of carbonyl (C=O) groups excluding carboxylic acids is 1. The minimum Gasteiger partial charge on any atom is -0.476 e. The maximum atomic E-state index is 11.8. The van der Waals surface area contributed by atoms with Gasteiger partial charge in [0, 0.05) is 10.8 Å². The van der Waals surface area contributed by atoms with Crippen LogP contribution in [0.5, 0.6) is 0 Å². The summed E-state index contributed by atoms with van der Waals surface area (Å²) >= 11 is 1.25. The number of thiazole rings is 1. The molecule has 1 saturated carbocycles. The van der Waals surface area contributed by atoms with E-state index in [2.05, 4.69) is 10.3 Å². The van der Waals surface area contributed by atoms with Crippen molar-refractivity contribution in [3.05, 3.63) is 16.1 Å². The first-order valence-corrected chi connectivity index (χ1v) is 6.41. The van der Waals surface area contributed by atoms with Crippen molar-refractivity contribution in [1.29, 1.82) is 0 Å². The van der Waals surface area contributed by atoms with Crippen LogP contribution in [-0.4, -0.2) is 22.0 Å². The van der Waals surface area contributed by atoms with E-state index in [1.54, 1.807) is 0 Å². The lowest BCUT2D eigenvalue weighted by atomic mass is 10.0. The van der Waals surface area contributed by atoms with E-state index in [0.29, 0.717) is 11.6 Å². The van der Waals surface area contributed by atoms with Crippen LogP contribution in [-0.2, 0) is 11.3 Å². The molecule has 1 aromatic rings. The number of carboxylic acid groups (broad SMARTS) is 1. The molecule has 0 unspecified atom stereocenters. The van der Waals surface area contributed by atoms with Crippen LogP contribution < -0.4 is 5.32 Å². The summed E-state index contributed by atoms with van der Waals surface area (Å²) in [7, 11) is 0. The number of nitrogens with one attached hydrogen (secondary N) is 1. The van der Waals surface area contributed by atoms with Gasteiger partial charge < -0.3 is 10.4 Å². The van der Waals surface area contributed by atoms with Crippen LogP contribution in [0.1, 0.15) is 41.7 Å². The van der Waals surface area contributed by atoms with Gasteiger partial charge in [0.15, 0.2) is 5.69 Å². The molecule has 0 bridgehead atoms. The highest BCUT2D eigenvalue weighted by Gasteiger charge is 2.47. The standard InChI is InChI=1S/C11H14N2O3S/c1-2-11(3-4-11)10(16)12-5-8-13-7(6-17-8)9(14)15/h6H,2-5H2,1H3,(H,12,16)(H,14,15). The molecule has 92 valence electrons. The van der Waals surface area contributed by atoms with Gasteiger partial charge in [-0.2, -0.15) is 0 Å². The number of carboxylic acids is 1. The van der Waals surface area contributed by atoms with E-state index in [-0.39, 0.29) is 17.0 Å². The Bertz CT molecular complexity index is 451. The third-order valence-electron chi connectivity index (χ3n) is 3.18. The van der Waals surface area contributed by atoms with Crippen molar-refractivity contribution < 1.29 is 14.7 Å². The molecule has 17 heavy (non-hydrogen) atoms. The summed E-state index contributed by atoms with van der Waals surface area (Å²) in [6, 6.07) is 0. The fourth-order valence-electron chi connectivity index (χ4n) is 1.73. The molecule has 0 aliphatic heterocycles. The fourth-order valence-corrected chi connectivity index (χ4v) is 2.43. The summed E-state index contributed by atoms with van der Waals surface area (Å²) in [5.74, 6) is -0.974. The van der Waals surface area contributed by atoms with E-state index in [1.165, 1.54) is 16.7 Å². The molecule has 6 heteroatoms. The van der Waals surface area contributed by atoms with Gasteiger partial charge in [0.25, 0.3) is 0 Å². The van der Waals surface area contributed by atoms with Crippen molar-refractivity contribution in [2.45, 2.75) is 32.7 Å². The molecule has 0 radical (unpaired) electrons. The molecule has 0 saturated heterocycles.